The first-order valence-corrected chi connectivity index (χ1v) is 6.61. The van der Waals surface area contributed by atoms with Gasteiger partial charge in [0.2, 0.25) is 0 Å². The summed E-state index contributed by atoms with van der Waals surface area (Å²) in [5, 5.41) is 0.439. The molecule has 0 spiro atoms. The fraction of sp³-hybridized carbons (Fsp3) is 0.500. The summed E-state index contributed by atoms with van der Waals surface area (Å²) in [7, 11) is 4.07. The molecular formula is C12H16Cl2N4. The summed E-state index contributed by atoms with van der Waals surface area (Å²) in [5.41, 5.74) is 1.63. The Hall–Kier alpha value is -0.840. The monoisotopic (exact) mass is 286 g/mol. The van der Waals surface area contributed by atoms with E-state index in [9.17, 15) is 0 Å². The summed E-state index contributed by atoms with van der Waals surface area (Å²) in [6, 6.07) is 1.82. The fourth-order valence-corrected chi connectivity index (χ4v) is 2.15. The van der Waals surface area contributed by atoms with Gasteiger partial charge in [-0.2, -0.15) is 0 Å². The van der Waals surface area contributed by atoms with E-state index in [1.165, 1.54) is 0 Å². The highest BCUT2D eigenvalue weighted by atomic mass is 35.5. The van der Waals surface area contributed by atoms with Gasteiger partial charge in [-0.3, -0.25) is 0 Å². The molecule has 1 atom stereocenters. The minimum absolute atomic E-state index is 0.153. The molecular weight excluding hydrogens is 271 g/mol. The summed E-state index contributed by atoms with van der Waals surface area (Å²) >= 11 is 12.1. The lowest BCUT2D eigenvalue weighted by atomic mass is 10.4. The van der Waals surface area contributed by atoms with Crippen LogP contribution < -0.4 is 0 Å². The largest absolute Gasteiger partial charge is 0.310 e. The van der Waals surface area contributed by atoms with Crippen LogP contribution in [-0.4, -0.2) is 40.1 Å². The van der Waals surface area contributed by atoms with Crippen molar-refractivity contribution in [3.05, 3.63) is 23.1 Å². The molecule has 0 bridgehead atoms. The second-order valence-electron chi connectivity index (χ2n) is 4.54. The molecule has 98 valence electrons. The number of hydrogen-bond acceptors (Lipinski definition) is 3. The smallest absolute Gasteiger partial charge is 0.160 e. The second kappa shape index (κ2) is 5.43. The number of alkyl halides is 1. The third kappa shape index (κ3) is 2.76. The quantitative estimate of drug-likeness (QED) is 0.811. The Bertz CT molecular complexity index is 548. The first-order chi connectivity index (χ1) is 8.49. The van der Waals surface area contributed by atoms with Crippen molar-refractivity contribution in [3.63, 3.8) is 0 Å². The molecule has 4 nitrogen and oxygen atoms in total. The third-order valence-electron chi connectivity index (χ3n) is 2.71. The molecule has 2 aromatic rings. The predicted octanol–water partition coefficient (Wildman–Crippen LogP) is 2.95. The zero-order valence-corrected chi connectivity index (χ0v) is 12.2. The van der Waals surface area contributed by atoms with Gasteiger partial charge in [0.1, 0.15) is 11.3 Å². The Balaban J connectivity index is 2.48. The number of pyridine rings is 1. The van der Waals surface area contributed by atoms with E-state index in [0.29, 0.717) is 5.02 Å². The summed E-state index contributed by atoms with van der Waals surface area (Å²) < 4.78 is 2.06. The number of hydrogen-bond donors (Lipinski definition) is 0. The second-order valence-corrected chi connectivity index (χ2v) is 5.63. The van der Waals surface area contributed by atoms with Crippen molar-refractivity contribution in [1.82, 2.24) is 19.4 Å². The van der Waals surface area contributed by atoms with E-state index in [1.807, 2.05) is 27.1 Å². The minimum atomic E-state index is -0.153. The van der Waals surface area contributed by atoms with Crippen molar-refractivity contribution in [2.45, 2.75) is 18.8 Å². The van der Waals surface area contributed by atoms with Crippen molar-refractivity contribution >= 4 is 34.4 Å². The Morgan fingerprint density at radius 2 is 2.17 bits per heavy atom. The van der Waals surface area contributed by atoms with Crippen LogP contribution in [0.2, 0.25) is 5.02 Å². The van der Waals surface area contributed by atoms with E-state index >= 15 is 0 Å². The van der Waals surface area contributed by atoms with Gasteiger partial charge in [-0.25, -0.2) is 9.97 Å². The molecule has 2 aromatic heterocycles. The van der Waals surface area contributed by atoms with Crippen LogP contribution in [0.3, 0.4) is 0 Å². The van der Waals surface area contributed by atoms with Gasteiger partial charge in [0.25, 0.3) is 0 Å². The van der Waals surface area contributed by atoms with Gasteiger partial charge >= 0.3 is 0 Å². The van der Waals surface area contributed by atoms with Gasteiger partial charge in [-0.1, -0.05) is 11.6 Å². The average Bonchev–Trinajstić information content (AvgIpc) is 2.64. The molecule has 2 heterocycles. The minimum Gasteiger partial charge on any atom is -0.310 e. The van der Waals surface area contributed by atoms with E-state index in [1.54, 1.807) is 6.20 Å². The highest BCUT2D eigenvalue weighted by Gasteiger charge is 2.16. The van der Waals surface area contributed by atoms with E-state index in [4.69, 9.17) is 23.2 Å². The topological polar surface area (TPSA) is 34.0 Å². The molecule has 0 amide bonds. The number of halogens is 2. The maximum Gasteiger partial charge on any atom is 0.160 e. The van der Waals surface area contributed by atoms with Crippen LogP contribution in [-0.2, 0) is 6.54 Å². The van der Waals surface area contributed by atoms with Crippen molar-refractivity contribution in [2.75, 3.05) is 20.6 Å². The van der Waals surface area contributed by atoms with Gasteiger partial charge in [-0.05, 0) is 27.1 Å². The number of rotatable bonds is 4. The summed E-state index contributed by atoms with van der Waals surface area (Å²) in [5.74, 6) is 0.836. The number of aromatic nitrogens is 3. The van der Waals surface area contributed by atoms with Crippen molar-refractivity contribution in [2.24, 2.45) is 0 Å². The first kappa shape index (κ1) is 13.6. The molecule has 2 rings (SSSR count). The fourth-order valence-electron chi connectivity index (χ4n) is 1.83. The Labute approximate surface area is 117 Å². The molecule has 0 saturated carbocycles. The van der Waals surface area contributed by atoms with E-state index in [0.717, 1.165) is 30.1 Å². The molecule has 0 aromatic carbocycles. The summed E-state index contributed by atoms with van der Waals surface area (Å²) in [4.78, 5) is 11.0. The van der Waals surface area contributed by atoms with Crippen LogP contribution >= 0.6 is 23.2 Å². The first-order valence-electron chi connectivity index (χ1n) is 5.79. The van der Waals surface area contributed by atoms with Crippen LogP contribution in [0.15, 0.2) is 12.3 Å². The van der Waals surface area contributed by atoms with Gasteiger partial charge in [0, 0.05) is 19.3 Å². The zero-order valence-electron chi connectivity index (χ0n) is 10.7. The molecule has 18 heavy (non-hydrogen) atoms. The van der Waals surface area contributed by atoms with E-state index in [2.05, 4.69) is 19.4 Å². The van der Waals surface area contributed by atoms with Crippen molar-refractivity contribution in [3.8, 4) is 0 Å². The highest BCUT2D eigenvalue weighted by molar-refractivity contribution is 6.31. The lowest BCUT2D eigenvalue weighted by Crippen LogP contribution is -2.19. The average molecular weight is 287 g/mol. The normalized spacial score (nSPS) is 13.4. The Kier molecular flexibility index (Phi) is 4.10. The third-order valence-corrected chi connectivity index (χ3v) is 3.11. The lowest BCUT2D eigenvalue weighted by molar-refractivity contribution is 0.383. The Morgan fingerprint density at radius 1 is 1.44 bits per heavy atom. The molecule has 0 N–H and O–H groups in total. The van der Waals surface area contributed by atoms with Crippen LogP contribution in [0.1, 0.15) is 18.1 Å². The summed E-state index contributed by atoms with van der Waals surface area (Å²) in [6.45, 7) is 3.63. The SMILES string of the molecule is CC(Cl)c1nc2cc(Cl)cnc2n1CCN(C)C. The standard InChI is InChI=1S/C12H16Cl2N4/c1-8(13)11-16-10-6-9(14)7-15-12(10)18(11)5-4-17(2)3/h6-8H,4-5H2,1-3H3. The molecule has 1 unspecified atom stereocenters. The maximum absolute atomic E-state index is 6.18. The number of fused-ring (bicyclic) bond motifs is 1. The van der Waals surface area contributed by atoms with Gasteiger partial charge < -0.3 is 9.47 Å². The summed E-state index contributed by atoms with van der Waals surface area (Å²) in [6.07, 6.45) is 1.64. The molecule has 0 radical (unpaired) electrons. The lowest BCUT2D eigenvalue weighted by Gasteiger charge is -2.13. The molecule has 0 saturated heterocycles. The van der Waals surface area contributed by atoms with Gasteiger partial charge in [0.05, 0.1) is 10.4 Å². The van der Waals surface area contributed by atoms with Crippen molar-refractivity contribution in [1.29, 1.82) is 0 Å². The zero-order chi connectivity index (χ0) is 13.3. The van der Waals surface area contributed by atoms with Crippen LogP contribution in [0.25, 0.3) is 11.2 Å². The maximum atomic E-state index is 6.18. The van der Waals surface area contributed by atoms with Crippen molar-refractivity contribution < 1.29 is 0 Å². The molecule has 0 aliphatic carbocycles. The van der Waals surface area contributed by atoms with Gasteiger partial charge in [-0.15, -0.1) is 11.6 Å². The molecule has 6 heteroatoms. The molecule has 0 aliphatic heterocycles. The van der Waals surface area contributed by atoms with Crippen LogP contribution in [0, 0.1) is 0 Å². The highest BCUT2D eigenvalue weighted by Crippen LogP contribution is 2.24. The van der Waals surface area contributed by atoms with Crippen LogP contribution in [0.5, 0.6) is 0 Å². The number of imidazole rings is 1. The molecule has 0 aliphatic rings. The van der Waals surface area contributed by atoms with E-state index in [-0.39, 0.29) is 5.38 Å². The Morgan fingerprint density at radius 3 is 2.78 bits per heavy atom. The van der Waals surface area contributed by atoms with E-state index < -0.39 is 0 Å². The molecule has 0 fully saturated rings. The van der Waals surface area contributed by atoms with Gasteiger partial charge in [0.15, 0.2) is 5.65 Å². The number of nitrogens with zero attached hydrogens (tertiary/aromatic N) is 4. The number of likely N-dealkylation sites (N-methyl/N-ethyl adjacent to an activating group) is 1. The predicted molar refractivity (Wildman–Crippen MR) is 75.4 cm³/mol. The van der Waals surface area contributed by atoms with Crippen LogP contribution in [0.4, 0.5) is 0 Å².